The zero-order chi connectivity index (χ0) is 24.5. The summed E-state index contributed by atoms with van der Waals surface area (Å²) in [6.07, 6.45) is 4.69. The number of urea groups is 1. The van der Waals surface area contributed by atoms with Crippen molar-refractivity contribution in [3.05, 3.63) is 101 Å². The van der Waals surface area contributed by atoms with Crippen molar-refractivity contribution < 1.29 is 4.79 Å². The van der Waals surface area contributed by atoms with E-state index in [1.165, 1.54) is 24.8 Å². The molecule has 0 radical (unpaired) electrons. The van der Waals surface area contributed by atoms with Crippen molar-refractivity contribution in [3.63, 3.8) is 0 Å². The van der Waals surface area contributed by atoms with Crippen LogP contribution in [0.2, 0.25) is 0 Å². The van der Waals surface area contributed by atoms with Gasteiger partial charge in [0.1, 0.15) is 0 Å². The first-order chi connectivity index (χ1) is 17.1. The molecule has 4 rings (SSSR count). The van der Waals surface area contributed by atoms with Gasteiger partial charge in [-0.15, -0.1) is 0 Å². The predicted octanol–water partition coefficient (Wildman–Crippen LogP) is 6.68. The number of piperidine rings is 1. The molecule has 0 bridgehead atoms. The summed E-state index contributed by atoms with van der Waals surface area (Å²) in [4.78, 5) is 17.9. The molecule has 0 unspecified atom stereocenters. The van der Waals surface area contributed by atoms with Crippen molar-refractivity contribution in [1.29, 1.82) is 0 Å². The number of hydrogen-bond donors (Lipinski definition) is 1. The Kier molecular flexibility index (Phi) is 8.96. The summed E-state index contributed by atoms with van der Waals surface area (Å²) < 4.78 is 0. The van der Waals surface area contributed by atoms with Crippen LogP contribution in [0.5, 0.6) is 0 Å². The third kappa shape index (κ3) is 7.43. The summed E-state index contributed by atoms with van der Waals surface area (Å²) in [6.45, 7) is 8.82. The van der Waals surface area contributed by atoms with E-state index in [-0.39, 0.29) is 6.03 Å². The van der Waals surface area contributed by atoms with Gasteiger partial charge in [0.15, 0.2) is 0 Å². The Morgan fingerprint density at radius 3 is 2.09 bits per heavy atom. The van der Waals surface area contributed by atoms with E-state index in [4.69, 9.17) is 0 Å². The van der Waals surface area contributed by atoms with Crippen molar-refractivity contribution in [2.75, 3.05) is 31.5 Å². The van der Waals surface area contributed by atoms with Crippen molar-refractivity contribution in [2.45, 2.75) is 46.1 Å². The molecule has 1 fully saturated rings. The first-order valence-electron chi connectivity index (χ1n) is 13.0. The van der Waals surface area contributed by atoms with Gasteiger partial charge in [-0.2, -0.15) is 0 Å². The van der Waals surface area contributed by atoms with Gasteiger partial charge in [-0.3, -0.25) is 0 Å². The fraction of sp³-hybridized carbons (Fsp3) is 0.387. The molecule has 4 nitrogen and oxygen atoms in total. The zero-order valence-electron chi connectivity index (χ0n) is 21.2. The highest BCUT2D eigenvalue weighted by Crippen LogP contribution is 2.23. The summed E-state index contributed by atoms with van der Waals surface area (Å²) in [6, 6.07) is 27.3. The summed E-state index contributed by atoms with van der Waals surface area (Å²) in [5, 5.41) is 3.19. The molecule has 1 aliphatic heterocycles. The Labute approximate surface area is 211 Å². The molecular weight excluding hydrogens is 430 g/mol. The third-order valence-corrected chi connectivity index (χ3v) is 7.19. The maximum Gasteiger partial charge on any atom is 0.322 e. The number of carbonyl (C=O) groups is 1. The predicted molar refractivity (Wildman–Crippen MR) is 146 cm³/mol. The molecule has 0 aliphatic carbocycles. The van der Waals surface area contributed by atoms with Crippen molar-refractivity contribution >= 4 is 11.7 Å². The number of aryl methyl sites for hydroxylation is 2. The minimum absolute atomic E-state index is 0.0205. The van der Waals surface area contributed by atoms with Crippen LogP contribution in [0.25, 0.3) is 0 Å². The number of benzene rings is 3. The average molecular weight is 470 g/mol. The van der Waals surface area contributed by atoms with Crippen LogP contribution in [0, 0.1) is 19.8 Å². The Bertz CT molecular complexity index is 1040. The highest BCUT2D eigenvalue weighted by atomic mass is 16.2. The van der Waals surface area contributed by atoms with Crippen LogP contribution in [-0.2, 0) is 13.0 Å². The lowest BCUT2D eigenvalue weighted by molar-refractivity contribution is 0.170. The van der Waals surface area contributed by atoms with E-state index < -0.39 is 0 Å². The van der Waals surface area contributed by atoms with Gasteiger partial charge in [0.25, 0.3) is 0 Å². The molecule has 184 valence electrons. The molecule has 3 aromatic rings. The van der Waals surface area contributed by atoms with E-state index in [2.05, 4.69) is 52.7 Å². The van der Waals surface area contributed by atoms with Gasteiger partial charge in [-0.1, -0.05) is 78.9 Å². The van der Waals surface area contributed by atoms with Gasteiger partial charge in [0.05, 0.1) is 0 Å². The summed E-state index contributed by atoms with van der Waals surface area (Å²) in [5.74, 6) is 0.784. The van der Waals surface area contributed by atoms with Crippen molar-refractivity contribution in [2.24, 2.45) is 5.92 Å². The van der Waals surface area contributed by atoms with Crippen LogP contribution >= 0.6 is 0 Å². The van der Waals surface area contributed by atoms with Gasteiger partial charge in [-0.25, -0.2) is 4.79 Å². The topological polar surface area (TPSA) is 35.6 Å². The van der Waals surface area contributed by atoms with Crippen LogP contribution in [0.1, 0.15) is 41.5 Å². The third-order valence-electron chi connectivity index (χ3n) is 7.19. The number of carbonyl (C=O) groups excluding carboxylic acids is 1. The molecule has 1 saturated heterocycles. The van der Waals surface area contributed by atoms with E-state index in [9.17, 15) is 4.79 Å². The zero-order valence-corrected chi connectivity index (χ0v) is 21.2. The Morgan fingerprint density at radius 1 is 0.857 bits per heavy atom. The highest BCUT2D eigenvalue weighted by Gasteiger charge is 2.20. The number of rotatable bonds is 9. The number of para-hydroxylation sites is 1. The monoisotopic (exact) mass is 469 g/mol. The number of anilines is 1. The largest absolute Gasteiger partial charge is 0.322 e. The van der Waals surface area contributed by atoms with Gasteiger partial charge >= 0.3 is 6.03 Å². The maximum absolute atomic E-state index is 13.3. The molecule has 1 heterocycles. The van der Waals surface area contributed by atoms with Crippen LogP contribution < -0.4 is 5.32 Å². The van der Waals surface area contributed by atoms with Crippen molar-refractivity contribution in [3.8, 4) is 0 Å². The molecule has 0 saturated carbocycles. The maximum atomic E-state index is 13.3. The fourth-order valence-corrected chi connectivity index (χ4v) is 5.10. The molecule has 0 spiro atoms. The van der Waals surface area contributed by atoms with E-state index in [1.807, 2.05) is 55.1 Å². The SMILES string of the molecule is Cc1cccc(C)c1NC(=O)N(CCCN1CCC(Cc2ccccc2)CC1)Cc1ccccc1. The Balaban J connectivity index is 1.30. The number of nitrogens with zero attached hydrogens (tertiary/aromatic N) is 2. The van der Waals surface area contributed by atoms with Gasteiger partial charge in [0.2, 0.25) is 0 Å². The van der Waals surface area contributed by atoms with Gasteiger partial charge < -0.3 is 15.1 Å². The number of likely N-dealkylation sites (tertiary alicyclic amines) is 1. The minimum atomic E-state index is -0.0205. The molecule has 0 atom stereocenters. The second-order valence-electron chi connectivity index (χ2n) is 9.93. The lowest BCUT2D eigenvalue weighted by atomic mass is 9.90. The first-order valence-corrected chi connectivity index (χ1v) is 13.0. The standard InChI is InChI=1S/C31H39N3O/c1-25-11-9-12-26(2)30(25)32-31(35)34(24-29-15-7-4-8-16-29)20-10-19-33-21-17-28(18-22-33)23-27-13-5-3-6-14-27/h3-9,11-16,28H,10,17-24H2,1-2H3,(H,32,35). The first kappa shape index (κ1) is 25.0. The van der Waals surface area contributed by atoms with E-state index in [1.54, 1.807) is 0 Å². The minimum Gasteiger partial charge on any atom is -0.320 e. The van der Waals surface area contributed by atoms with E-state index in [0.29, 0.717) is 6.54 Å². The molecular formula is C31H39N3O. The van der Waals surface area contributed by atoms with Gasteiger partial charge in [0, 0.05) is 18.8 Å². The number of hydrogen-bond acceptors (Lipinski definition) is 2. The van der Waals surface area contributed by atoms with E-state index >= 15 is 0 Å². The molecule has 4 heteroatoms. The second kappa shape index (κ2) is 12.6. The van der Waals surface area contributed by atoms with Crippen molar-refractivity contribution in [1.82, 2.24) is 9.80 Å². The summed E-state index contributed by atoms with van der Waals surface area (Å²) in [7, 11) is 0. The summed E-state index contributed by atoms with van der Waals surface area (Å²) in [5.41, 5.74) is 5.73. The molecule has 35 heavy (non-hydrogen) atoms. The molecule has 1 aliphatic rings. The average Bonchev–Trinajstić information content (AvgIpc) is 2.88. The number of amides is 2. The number of nitrogens with one attached hydrogen (secondary N) is 1. The van der Waals surface area contributed by atoms with E-state index in [0.717, 1.165) is 60.9 Å². The van der Waals surface area contributed by atoms with Crippen LogP contribution in [0.4, 0.5) is 10.5 Å². The fourth-order valence-electron chi connectivity index (χ4n) is 5.10. The Morgan fingerprint density at radius 2 is 1.46 bits per heavy atom. The molecule has 3 aromatic carbocycles. The second-order valence-corrected chi connectivity index (χ2v) is 9.93. The molecule has 2 amide bonds. The van der Waals surface area contributed by atoms with Gasteiger partial charge in [-0.05, 0) is 87.3 Å². The lowest BCUT2D eigenvalue weighted by Gasteiger charge is -2.33. The van der Waals surface area contributed by atoms with Crippen LogP contribution in [0.15, 0.2) is 78.9 Å². The lowest BCUT2D eigenvalue weighted by Crippen LogP contribution is -2.39. The summed E-state index contributed by atoms with van der Waals surface area (Å²) >= 11 is 0. The molecule has 0 aromatic heterocycles. The quantitative estimate of drug-likeness (QED) is 0.379. The Hall–Kier alpha value is -3.11. The highest BCUT2D eigenvalue weighted by molar-refractivity contribution is 5.91. The molecule has 1 N–H and O–H groups in total. The normalized spacial score (nSPS) is 14.6. The van der Waals surface area contributed by atoms with Crippen LogP contribution in [0.3, 0.4) is 0 Å². The smallest absolute Gasteiger partial charge is 0.320 e. The van der Waals surface area contributed by atoms with Crippen LogP contribution in [-0.4, -0.2) is 42.0 Å².